The quantitative estimate of drug-likeness (QED) is 0.800. The molecule has 1 atom stereocenters. The Labute approximate surface area is 102 Å². The number of rotatable bonds is 3. The summed E-state index contributed by atoms with van der Waals surface area (Å²) in [6.07, 6.45) is 1.63. The summed E-state index contributed by atoms with van der Waals surface area (Å²) in [5, 5.41) is 0. The Balaban J connectivity index is 1.99. The lowest BCUT2D eigenvalue weighted by Gasteiger charge is -2.21. The third kappa shape index (κ3) is 2.86. The monoisotopic (exact) mass is 233 g/mol. The van der Waals surface area contributed by atoms with Crippen LogP contribution in [0.4, 0.5) is 0 Å². The zero-order valence-electron chi connectivity index (χ0n) is 10.5. The van der Waals surface area contributed by atoms with Crippen molar-refractivity contribution in [2.45, 2.75) is 32.4 Å². The van der Waals surface area contributed by atoms with E-state index in [1.807, 2.05) is 19.2 Å². The molecule has 1 saturated heterocycles. The first-order chi connectivity index (χ1) is 8.18. The SMILES string of the molecule is Cc1ccccc1CN(C)C(=O)C1CCCO1. The predicted molar refractivity (Wildman–Crippen MR) is 66.6 cm³/mol. The first kappa shape index (κ1) is 12.1. The standard InChI is InChI=1S/C14H19NO2/c1-11-6-3-4-7-12(11)10-15(2)14(16)13-8-5-9-17-13/h3-4,6-7,13H,5,8-10H2,1-2H3. The molecule has 17 heavy (non-hydrogen) atoms. The number of hydrogen-bond acceptors (Lipinski definition) is 2. The number of benzene rings is 1. The summed E-state index contributed by atoms with van der Waals surface area (Å²) in [5.41, 5.74) is 2.42. The van der Waals surface area contributed by atoms with Gasteiger partial charge in [0.05, 0.1) is 0 Å². The van der Waals surface area contributed by atoms with Crippen molar-refractivity contribution in [2.24, 2.45) is 0 Å². The van der Waals surface area contributed by atoms with E-state index in [2.05, 4.69) is 19.1 Å². The lowest BCUT2D eigenvalue weighted by Crippen LogP contribution is -2.35. The maximum absolute atomic E-state index is 12.1. The number of ether oxygens (including phenoxy) is 1. The lowest BCUT2D eigenvalue weighted by atomic mass is 10.1. The van der Waals surface area contributed by atoms with E-state index in [0.717, 1.165) is 12.8 Å². The Hall–Kier alpha value is -1.35. The molecule has 0 saturated carbocycles. The van der Waals surface area contributed by atoms with E-state index < -0.39 is 0 Å². The van der Waals surface area contributed by atoms with Crippen LogP contribution in [0.3, 0.4) is 0 Å². The Morgan fingerprint density at radius 3 is 2.88 bits per heavy atom. The molecule has 0 bridgehead atoms. The summed E-state index contributed by atoms with van der Waals surface area (Å²) in [6.45, 7) is 3.44. The molecule has 0 N–H and O–H groups in total. The van der Waals surface area contributed by atoms with Gasteiger partial charge in [0.1, 0.15) is 6.10 Å². The molecule has 0 aliphatic carbocycles. The van der Waals surface area contributed by atoms with Gasteiger partial charge in [-0.2, -0.15) is 0 Å². The van der Waals surface area contributed by atoms with Gasteiger partial charge in [-0.15, -0.1) is 0 Å². The molecule has 1 heterocycles. The molecule has 0 spiro atoms. The number of amides is 1. The van der Waals surface area contributed by atoms with E-state index in [0.29, 0.717) is 13.2 Å². The third-order valence-electron chi connectivity index (χ3n) is 3.25. The molecule has 1 fully saturated rings. The van der Waals surface area contributed by atoms with Crippen LogP contribution >= 0.6 is 0 Å². The topological polar surface area (TPSA) is 29.5 Å². The molecule has 3 nitrogen and oxygen atoms in total. The number of likely N-dealkylation sites (N-methyl/N-ethyl adjacent to an activating group) is 1. The first-order valence-electron chi connectivity index (χ1n) is 6.09. The van der Waals surface area contributed by atoms with Gasteiger partial charge in [0, 0.05) is 20.2 Å². The van der Waals surface area contributed by atoms with E-state index in [1.165, 1.54) is 11.1 Å². The second kappa shape index (κ2) is 5.32. The summed E-state index contributed by atoms with van der Waals surface area (Å²) in [7, 11) is 1.84. The predicted octanol–water partition coefficient (Wildman–Crippen LogP) is 2.13. The Morgan fingerprint density at radius 1 is 1.47 bits per heavy atom. The molecule has 2 rings (SSSR count). The average molecular weight is 233 g/mol. The van der Waals surface area contributed by atoms with Crippen molar-refractivity contribution in [2.75, 3.05) is 13.7 Å². The van der Waals surface area contributed by atoms with Crippen molar-refractivity contribution >= 4 is 5.91 Å². The molecule has 1 amide bonds. The van der Waals surface area contributed by atoms with E-state index in [-0.39, 0.29) is 12.0 Å². The maximum Gasteiger partial charge on any atom is 0.251 e. The highest BCUT2D eigenvalue weighted by Crippen LogP contribution is 2.16. The fourth-order valence-electron chi connectivity index (χ4n) is 2.14. The summed E-state index contributed by atoms with van der Waals surface area (Å²) in [6, 6.07) is 8.15. The fourth-order valence-corrected chi connectivity index (χ4v) is 2.14. The minimum Gasteiger partial charge on any atom is -0.368 e. The van der Waals surface area contributed by atoms with Gasteiger partial charge in [-0.05, 0) is 30.9 Å². The highest BCUT2D eigenvalue weighted by Gasteiger charge is 2.26. The van der Waals surface area contributed by atoms with Crippen LogP contribution in [-0.4, -0.2) is 30.6 Å². The largest absolute Gasteiger partial charge is 0.368 e. The molecule has 1 aromatic rings. The fraction of sp³-hybridized carbons (Fsp3) is 0.500. The highest BCUT2D eigenvalue weighted by atomic mass is 16.5. The van der Waals surface area contributed by atoms with Gasteiger partial charge in [0.25, 0.3) is 5.91 Å². The van der Waals surface area contributed by atoms with Crippen LogP contribution in [0, 0.1) is 6.92 Å². The summed E-state index contributed by atoms with van der Waals surface area (Å²) < 4.78 is 5.41. The van der Waals surface area contributed by atoms with Gasteiger partial charge in [-0.3, -0.25) is 4.79 Å². The van der Waals surface area contributed by atoms with Gasteiger partial charge in [-0.1, -0.05) is 24.3 Å². The summed E-state index contributed by atoms with van der Waals surface area (Å²) in [5.74, 6) is 0.103. The van der Waals surface area contributed by atoms with Gasteiger partial charge in [-0.25, -0.2) is 0 Å². The molecule has 1 aliphatic rings. The smallest absolute Gasteiger partial charge is 0.251 e. The van der Waals surface area contributed by atoms with Crippen molar-refractivity contribution in [1.82, 2.24) is 4.90 Å². The summed E-state index contributed by atoms with van der Waals surface area (Å²) >= 11 is 0. The van der Waals surface area contributed by atoms with Crippen LogP contribution in [0.15, 0.2) is 24.3 Å². The van der Waals surface area contributed by atoms with Crippen LogP contribution in [0.5, 0.6) is 0 Å². The van der Waals surface area contributed by atoms with E-state index in [1.54, 1.807) is 4.90 Å². The van der Waals surface area contributed by atoms with Crippen LogP contribution < -0.4 is 0 Å². The van der Waals surface area contributed by atoms with E-state index >= 15 is 0 Å². The molecule has 1 unspecified atom stereocenters. The van der Waals surface area contributed by atoms with Crippen molar-refractivity contribution in [3.8, 4) is 0 Å². The molecule has 0 aromatic heterocycles. The zero-order chi connectivity index (χ0) is 12.3. The zero-order valence-corrected chi connectivity index (χ0v) is 10.5. The number of carbonyl (C=O) groups excluding carboxylic acids is 1. The third-order valence-corrected chi connectivity index (χ3v) is 3.25. The van der Waals surface area contributed by atoms with E-state index in [9.17, 15) is 4.79 Å². The molecule has 1 aliphatic heterocycles. The molecule has 0 radical (unpaired) electrons. The second-order valence-corrected chi connectivity index (χ2v) is 4.62. The van der Waals surface area contributed by atoms with Crippen LogP contribution in [0.2, 0.25) is 0 Å². The van der Waals surface area contributed by atoms with Crippen molar-refractivity contribution in [3.05, 3.63) is 35.4 Å². The minimum atomic E-state index is -0.219. The molecular formula is C14H19NO2. The Kier molecular flexibility index (Phi) is 3.79. The normalized spacial score (nSPS) is 19.3. The lowest BCUT2D eigenvalue weighted by molar-refractivity contribution is -0.140. The highest BCUT2D eigenvalue weighted by molar-refractivity contribution is 5.80. The Morgan fingerprint density at radius 2 is 2.24 bits per heavy atom. The van der Waals surface area contributed by atoms with Gasteiger partial charge in [0.15, 0.2) is 0 Å². The van der Waals surface area contributed by atoms with Crippen LogP contribution in [0.25, 0.3) is 0 Å². The number of carbonyl (C=O) groups is 1. The number of hydrogen-bond donors (Lipinski definition) is 0. The van der Waals surface area contributed by atoms with Crippen LogP contribution in [-0.2, 0) is 16.1 Å². The van der Waals surface area contributed by atoms with Crippen LogP contribution in [0.1, 0.15) is 24.0 Å². The van der Waals surface area contributed by atoms with Gasteiger partial charge in [0.2, 0.25) is 0 Å². The first-order valence-corrected chi connectivity index (χ1v) is 6.09. The Bertz CT molecular complexity index is 397. The average Bonchev–Trinajstić information content (AvgIpc) is 2.84. The van der Waals surface area contributed by atoms with Gasteiger partial charge >= 0.3 is 0 Å². The molecule has 1 aromatic carbocycles. The second-order valence-electron chi connectivity index (χ2n) is 4.62. The molecular weight excluding hydrogens is 214 g/mol. The maximum atomic E-state index is 12.1. The van der Waals surface area contributed by atoms with Crippen molar-refractivity contribution in [3.63, 3.8) is 0 Å². The molecule has 3 heteroatoms. The summed E-state index contributed by atoms with van der Waals surface area (Å²) in [4.78, 5) is 13.8. The van der Waals surface area contributed by atoms with Crippen molar-refractivity contribution in [1.29, 1.82) is 0 Å². The molecule has 92 valence electrons. The number of aryl methyl sites for hydroxylation is 1. The van der Waals surface area contributed by atoms with E-state index in [4.69, 9.17) is 4.74 Å². The van der Waals surface area contributed by atoms with Crippen molar-refractivity contribution < 1.29 is 9.53 Å². The van der Waals surface area contributed by atoms with Gasteiger partial charge < -0.3 is 9.64 Å². The minimum absolute atomic E-state index is 0.103. The number of nitrogens with zero attached hydrogens (tertiary/aromatic N) is 1.